The van der Waals surface area contributed by atoms with Crippen LogP contribution < -0.4 is 0 Å². The Morgan fingerprint density at radius 1 is 1.50 bits per heavy atom. The van der Waals surface area contributed by atoms with Crippen molar-refractivity contribution in [2.24, 2.45) is 5.92 Å². The summed E-state index contributed by atoms with van der Waals surface area (Å²) >= 11 is 5.09. The van der Waals surface area contributed by atoms with Crippen molar-refractivity contribution >= 4 is 27.3 Å². The second kappa shape index (κ2) is 3.90. The molecule has 0 amide bonds. The normalized spacial score (nSPS) is 13.8. The van der Waals surface area contributed by atoms with Crippen LogP contribution in [0.15, 0.2) is 10.5 Å². The molecule has 0 aliphatic rings. The third kappa shape index (κ3) is 2.09. The Hall–Kier alpha value is 0.140. The van der Waals surface area contributed by atoms with Crippen molar-refractivity contribution in [2.45, 2.75) is 26.9 Å². The van der Waals surface area contributed by atoms with Gasteiger partial charge in [-0.3, -0.25) is 0 Å². The molecular formula is C9H13BrOS. The molecule has 0 radical (unpaired) electrons. The highest BCUT2D eigenvalue weighted by Crippen LogP contribution is 2.35. The number of aliphatic hydroxyl groups is 1. The summed E-state index contributed by atoms with van der Waals surface area (Å²) < 4.78 is 1.03. The molecule has 0 aromatic carbocycles. The Labute approximate surface area is 85.6 Å². The van der Waals surface area contributed by atoms with Crippen molar-refractivity contribution in [1.29, 1.82) is 0 Å². The van der Waals surface area contributed by atoms with Gasteiger partial charge in [0.25, 0.3) is 0 Å². The van der Waals surface area contributed by atoms with Gasteiger partial charge in [-0.05, 0) is 34.8 Å². The van der Waals surface area contributed by atoms with Crippen LogP contribution in [-0.4, -0.2) is 5.11 Å². The molecule has 1 heterocycles. The van der Waals surface area contributed by atoms with E-state index in [-0.39, 0.29) is 12.0 Å². The minimum Gasteiger partial charge on any atom is -0.387 e. The molecule has 12 heavy (non-hydrogen) atoms. The summed E-state index contributed by atoms with van der Waals surface area (Å²) in [5.41, 5.74) is 0. The van der Waals surface area contributed by atoms with Crippen LogP contribution >= 0.6 is 27.3 Å². The molecule has 3 heteroatoms. The van der Waals surface area contributed by atoms with Gasteiger partial charge in [-0.15, -0.1) is 11.3 Å². The highest BCUT2D eigenvalue weighted by molar-refractivity contribution is 9.10. The van der Waals surface area contributed by atoms with Crippen molar-refractivity contribution in [1.82, 2.24) is 0 Å². The van der Waals surface area contributed by atoms with Gasteiger partial charge in [0.1, 0.15) is 0 Å². The largest absolute Gasteiger partial charge is 0.387 e. The minimum atomic E-state index is -0.335. The predicted octanol–water partition coefficient (Wildman–Crippen LogP) is 3.51. The number of thiophene rings is 1. The van der Waals surface area contributed by atoms with Gasteiger partial charge in [0.15, 0.2) is 0 Å². The molecule has 0 fully saturated rings. The number of halogens is 1. The van der Waals surface area contributed by atoms with Gasteiger partial charge >= 0.3 is 0 Å². The third-order valence-corrected chi connectivity index (χ3v) is 3.78. The van der Waals surface area contributed by atoms with Crippen LogP contribution in [0.2, 0.25) is 0 Å². The van der Waals surface area contributed by atoms with E-state index in [4.69, 9.17) is 0 Å². The van der Waals surface area contributed by atoms with Gasteiger partial charge < -0.3 is 5.11 Å². The van der Waals surface area contributed by atoms with Gasteiger partial charge in [0.05, 0.1) is 6.10 Å². The van der Waals surface area contributed by atoms with E-state index in [1.807, 2.05) is 26.8 Å². The fraction of sp³-hybridized carbons (Fsp3) is 0.556. The molecule has 68 valence electrons. The molecule has 1 atom stereocenters. The lowest BCUT2D eigenvalue weighted by molar-refractivity contribution is 0.130. The minimum absolute atomic E-state index is 0.277. The van der Waals surface area contributed by atoms with E-state index >= 15 is 0 Å². The summed E-state index contributed by atoms with van der Waals surface area (Å²) in [5.74, 6) is 0.277. The van der Waals surface area contributed by atoms with Crippen molar-refractivity contribution < 1.29 is 5.11 Å². The van der Waals surface area contributed by atoms with Gasteiger partial charge in [-0.1, -0.05) is 13.8 Å². The van der Waals surface area contributed by atoms with E-state index in [1.54, 1.807) is 11.3 Å². The summed E-state index contributed by atoms with van der Waals surface area (Å²) in [6, 6.07) is 2.05. The lowest BCUT2D eigenvalue weighted by atomic mass is 10.1. The molecule has 0 aliphatic heterocycles. The first kappa shape index (κ1) is 10.2. The lowest BCUT2D eigenvalue weighted by Gasteiger charge is -2.12. The maximum atomic E-state index is 9.77. The highest BCUT2D eigenvalue weighted by Gasteiger charge is 2.17. The lowest BCUT2D eigenvalue weighted by Crippen LogP contribution is -2.03. The molecule has 1 unspecified atom stereocenters. The Morgan fingerprint density at radius 3 is 2.42 bits per heavy atom. The number of aliphatic hydroxyl groups excluding tert-OH is 1. The maximum Gasteiger partial charge on any atom is 0.0916 e. The number of aryl methyl sites for hydroxylation is 1. The molecule has 1 N–H and O–H groups in total. The van der Waals surface area contributed by atoms with E-state index in [9.17, 15) is 5.11 Å². The first-order valence-corrected chi connectivity index (χ1v) is 5.57. The highest BCUT2D eigenvalue weighted by atomic mass is 79.9. The van der Waals surface area contributed by atoms with Crippen LogP contribution in [0.25, 0.3) is 0 Å². The second-order valence-corrected chi connectivity index (χ2v) is 5.40. The monoisotopic (exact) mass is 248 g/mol. The number of hydrogen-bond acceptors (Lipinski definition) is 2. The predicted molar refractivity (Wildman–Crippen MR) is 56.6 cm³/mol. The molecule has 1 nitrogen and oxygen atoms in total. The van der Waals surface area contributed by atoms with E-state index < -0.39 is 0 Å². The fourth-order valence-corrected chi connectivity index (χ4v) is 3.05. The number of hydrogen-bond donors (Lipinski definition) is 1. The van der Waals surface area contributed by atoms with Crippen molar-refractivity contribution in [3.63, 3.8) is 0 Å². The van der Waals surface area contributed by atoms with E-state index in [1.165, 1.54) is 4.88 Å². The van der Waals surface area contributed by atoms with Crippen molar-refractivity contribution in [2.75, 3.05) is 0 Å². The molecule has 0 aliphatic carbocycles. The van der Waals surface area contributed by atoms with Crippen LogP contribution in [0.1, 0.15) is 29.7 Å². The zero-order chi connectivity index (χ0) is 9.30. The Bertz CT molecular complexity index is 267. The van der Waals surface area contributed by atoms with Crippen molar-refractivity contribution in [3.05, 3.63) is 20.3 Å². The summed E-state index contributed by atoms with van der Waals surface area (Å²) in [5, 5.41) is 9.77. The molecular weight excluding hydrogens is 236 g/mol. The van der Waals surface area contributed by atoms with Crippen LogP contribution in [0.3, 0.4) is 0 Å². The Balaban J connectivity index is 2.94. The molecule has 1 rings (SSSR count). The molecule has 1 aromatic rings. The maximum absolute atomic E-state index is 9.77. The van der Waals surface area contributed by atoms with Gasteiger partial charge in [0, 0.05) is 14.2 Å². The smallest absolute Gasteiger partial charge is 0.0916 e. The first-order chi connectivity index (χ1) is 5.52. The molecule has 0 spiro atoms. The van der Waals surface area contributed by atoms with E-state index in [0.717, 1.165) is 9.35 Å². The summed E-state index contributed by atoms with van der Waals surface area (Å²) in [4.78, 5) is 2.28. The summed E-state index contributed by atoms with van der Waals surface area (Å²) in [6.45, 7) is 6.09. The quantitative estimate of drug-likeness (QED) is 0.850. The fourth-order valence-electron chi connectivity index (χ4n) is 1.01. The van der Waals surface area contributed by atoms with Crippen LogP contribution in [0.4, 0.5) is 0 Å². The van der Waals surface area contributed by atoms with Crippen LogP contribution in [0.5, 0.6) is 0 Å². The number of rotatable bonds is 2. The third-order valence-electron chi connectivity index (χ3n) is 1.74. The Morgan fingerprint density at radius 2 is 2.08 bits per heavy atom. The van der Waals surface area contributed by atoms with E-state index in [0.29, 0.717) is 0 Å². The zero-order valence-electron chi connectivity index (χ0n) is 7.47. The Kier molecular flexibility index (Phi) is 3.32. The van der Waals surface area contributed by atoms with E-state index in [2.05, 4.69) is 15.9 Å². The molecule has 0 saturated carbocycles. The molecule has 1 aromatic heterocycles. The topological polar surface area (TPSA) is 20.2 Å². The average molecular weight is 249 g/mol. The standard InChI is InChI=1S/C9H13BrOS/c1-5(2)8(11)9-7(10)4-6(3)12-9/h4-5,8,11H,1-3H3. The van der Waals surface area contributed by atoms with Crippen molar-refractivity contribution in [3.8, 4) is 0 Å². The first-order valence-electron chi connectivity index (χ1n) is 3.96. The second-order valence-electron chi connectivity index (χ2n) is 3.26. The van der Waals surface area contributed by atoms with Gasteiger partial charge in [0.2, 0.25) is 0 Å². The summed E-state index contributed by atoms with van der Waals surface area (Å²) in [7, 11) is 0. The van der Waals surface area contributed by atoms with Gasteiger partial charge in [-0.2, -0.15) is 0 Å². The molecule has 0 saturated heterocycles. The zero-order valence-corrected chi connectivity index (χ0v) is 9.87. The van der Waals surface area contributed by atoms with Crippen LogP contribution in [-0.2, 0) is 0 Å². The van der Waals surface area contributed by atoms with Crippen LogP contribution in [0, 0.1) is 12.8 Å². The van der Waals surface area contributed by atoms with Gasteiger partial charge in [-0.25, -0.2) is 0 Å². The SMILES string of the molecule is Cc1cc(Br)c(C(O)C(C)C)s1. The summed E-state index contributed by atoms with van der Waals surface area (Å²) in [6.07, 6.45) is -0.335. The average Bonchev–Trinajstić information content (AvgIpc) is 2.28. The molecule has 0 bridgehead atoms.